The standard InChI is InChI=1S/C20H26N4/c1-13-3-4-18(5-14(13)2)24-19(23-12-21)22-11-20-9-15-6-16(10-20)8-17(20)7-15/h3-5,15-17H,6-11H2,1-2H3,(H2,22,23,24). The number of guanidine groups is 1. The molecular weight excluding hydrogens is 296 g/mol. The van der Waals surface area contributed by atoms with Gasteiger partial charge in [-0.05, 0) is 92.4 Å². The average molecular weight is 322 g/mol. The molecule has 0 aliphatic heterocycles. The highest BCUT2D eigenvalue weighted by atomic mass is 15.2. The van der Waals surface area contributed by atoms with Gasteiger partial charge >= 0.3 is 0 Å². The SMILES string of the molecule is Cc1ccc(NC(=NCC23CC4CC(CC2C4)C3)NC#N)cc1C. The largest absolute Gasteiger partial charge is 0.326 e. The van der Waals surface area contributed by atoms with Crippen LogP contribution in [0.25, 0.3) is 0 Å². The summed E-state index contributed by atoms with van der Waals surface area (Å²) in [7, 11) is 0. The Balaban J connectivity index is 1.50. The molecule has 4 heteroatoms. The molecule has 0 spiro atoms. The lowest BCUT2D eigenvalue weighted by Crippen LogP contribution is -2.31. The highest BCUT2D eigenvalue weighted by Crippen LogP contribution is 2.65. The zero-order valence-corrected chi connectivity index (χ0v) is 14.6. The van der Waals surface area contributed by atoms with Crippen molar-refractivity contribution in [1.29, 1.82) is 5.26 Å². The minimum atomic E-state index is 0.418. The minimum Gasteiger partial charge on any atom is -0.326 e. The maximum atomic E-state index is 9.06. The minimum absolute atomic E-state index is 0.418. The fourth-order valence-electron chi connectivity index (χ4n) is 5.58. The van der Waals surface area contributed by atoms with E-state index in [1.807, 2.05) is 12.3 Å². The molecule has 4 saturated carbocycles. The smallest absolute Gasteiger partial charge is 0.209 e. The number of anilines is 1. The number of aryl methyl sites for hydroxylation is 2. The van der Waals surface area contributed by atoms with Crippen LogP contribution >= 0.6 is 0 Å². The van der Waals surface area contributed by atoms with Crippen molar-refractivity contribution in [3.63, 3.8) is 0 Å². The summed E-state index contributed by atoms with van der Waals surface area (Å²) in [6.45, 7) is 5.06. The molecule has 126 valence electrons. The highest BCUT2D eigenvalue weighted by Gasteiger charge is 2.57. The molecule has 2 unspecified atom stereocenters. The van der Waals surface area contributed by atoms with Crippen LogP contribution in [0.4, 0.5) is 5.69 Å². The van der Waals surface area contributed by atoms with Gasteiger partial charge < -0.3 is 5.32 Å². The molecule has 4 bridgehead atoms. The number of hydrogen-bond acceptors (Lipinski definition) is 2. The van der Waals surface area contributed by atoms with Gasteiger partial charge in [-0.2, -0.15) is 5.26 Å². The Morgan fingerprint density at radius 3 is 2.62 bits per heavy atom. The molecule has 0 radical (unpaired) electrons. The van der Waals surface area contributed by atoms with Crippen molar-refractivity contribution in [3.8, 4) is 6.19 Å². The second-order valence-electron chi connectivity index (χ2n) is 8.23. The third-order valence-corrected chi connectivity index (χ3v) is 6.65. The topological polar surface area (TPSA) is 60.2 Å². The van der Waals surface area contributed by atoms with E-state index in [1.165, 1.54) is 43.2 Å². The molecule has 2 atom stereocenters. The monoisotopic (exact) mass is 322 g/mol. The number of nitrogens with one attached hydrogen (secondary N) is 2. The van der Waals surface area contributed by atoms with Crippen LogP contribution < -0.4 is 10.6 Å². The van der Waals surface area contributed by atoms with Crippen LogP contribution in [-0.4, -0.2) is 12.5 Å². The van der Waals surface area contributed by atoms with Gasteiger partial charge in [0, 0.05) is 12.2 Å². The molecule has 0 amide bonds. The highest BCUT2D eigenvalue weighted by molar-refractivity contribution is 5.94. The summed E-state index contributed by atoms with van der Waals surface area (Å²) >= 11 is 0. The van der Waals surface area contributed by atoms with Gasteiger partial charge in [-0.25, -0.2) is 0 Å². The zero-order chi connectivity index (χ0) is 16.7. The number of nitrogens with zero attached hydrogens (tertiary/aromatic N) is 2. The summed E-state index contributed by atoms with van der Waals surface area (Å²) in [4.78, 5) is 4.80. The number of nitriles is 1. The van der Waals surface area contributed by atoms with Crippen molar-refractivity contribution in [1.82, 2.24) is 5.32 Å². The van der Waals surface area contributed by atoms with Crippen LogP contribution in [0.15, 0.2) is 23.2 Å². The summed E-state index contributed by atoms with van der Waals surface area (Å²) in [6.07, 6.45) is 9.00. The number of hydrogen-bond donors (Lipinski definition) is 2. The van der Waals surface area contributed by atoms with Crippen molar-refractivity contribution in [2.24, 2.45) is 28.2 Å². The van der Waals surface area contributed by atoms with Crippen LogP contribution in [0.1, 0.15) is 43.2 Å². The number of rotatable bonds is 3. The Morgan fingerprint density at radius 2 is 1.96 bits per heavy atom. The predicted octanol–water partition coefficient (Wildman–Crippen LogP) is 3.97. The van der Waals surface area contributed by atoms with E-state index in [9.17, 15) is 0 Å². The van der Waals surface area contributed by atoms with Crippen molar-refractivity contribution < 1.29 is 0 Å². The van der Waals surface area contributed by atoms with Gasteiger partial charge in [0.2, 0.25) is 5.96 Å². The van der Waals surface area contributed by atoms with Gasteiger partial charge in [-0.15, -0.1) is 0 Å². The molecular formula is C20H26N4. The quantitative estimate of drug-likeness (QED) is 0.383. The Kier molecular flexibility index (Phi) is 3.75. The molecule has 0 heterocycles. The molecule has 0 saturated heterocycles. The van der Waals surface area contributed by atoms with E-state index >= 15 is 0 Å². The summed E-state index contributed by atoms with van der Waals surface area (Å²) in [5.74, 6) is 3.34. The van der Waals surface area contributed by atoms with E-state index in [0.717, 1.165) is 30.0 Å². The van der Waals surface area contributed by atoms with Crippen LogP contribution in [0.5, 0.6) is 0 Å². The Hall–Kier alpha value is -2.02. The first-order valence-electron chi connectivity index (χ1n) is 9.12. The second kappa shape index (κ2) is 5.81. The lowest BCUT2D eigenvalue weighted by atomic mass is 9.75. The normalized spacial score (nSPS) is 33.5. The van der Waals surface area contributed by atoms with Gasteiger partial charge in [-0.3, -0.25) is 10.3 Å². The number of aliphatic imine (C=N–C) groups is 1. The van der Waals surface area contributed by atoms with Crippen molar-refractivity contribution in [3.05, 3.63) is 29.3 Å². The first-order valence-corrected chi connectivity index (χ1v) is 9.12. The molecule has 4 nitrogen and oxygen atoms in total. The molecule has 4 fully saturated rings. The molecule has 0 aromatic heterocycles. The molecule has 4 aliphatic carbocycles. The first-order chi connectivity index (χ1) is 11.6. The molecule has 4 aliphatic rings. The Morgan fingerprint density at radius 1 is 1.21 bits per heavy atom. The maximum Gasteiger partial charge on any atom is 0.209 e. The summed E-state index contributed by atoms with van der Waals surface area (Å²) in [5, 5.41) is 15.1. The lowest BCUT2D eigenvalue weighted by molar-refractivity contribution is 0.210. The van der Waals surface area contributed by atoms with E-state index in [4.69, 9.17) is 10.3 Å². The third kappa shape index (κ3) is 2.66. The van der Waals surface area contributed by atoms with E-state index in [0.29, 0.717) is 11.4 Å². The Labute approximate surface area is 144 Å². The van der Waals surface area contributed by atoms with Crippen molar-refractivity contribution in [2.75, 3.05) is 11.9 Å². The fraction of sp³-hybridized carbons (Fsp3) is 0.600. The van der Waals surface area contributed by atoms with Crippen LogP contribution in [0.2, 0.25) is 0 Å². The summed E-state index contributed by atoms with van der Waals surface area (Å²) < 4.78 is 0. The summed E-state index contributed by atoms with van der Waals surface area (Å²) in [5.41, 5.74) is 3.90. The van der Waals surface area contributed by atoms with E-state index in [1.54, 1.807) is 0 Å². The summed E-state index contributed by atoms with van der Waals surface area (Å²) in [6, 6.07) is 6.24. The van der Waals surface area contributed by atoms with Crippen molar-refractivity contribution >= 4 is 11.6 Å². The second-order valence-corrected chi connectivity index (χ2v) is 8.23. The Bertz CT molecular complexity index is 701. The third-order valence-electron chi connectivity index (χ3n) is 6.65. The van der Waals surface area contributed by atoms with Gasteiger partial charge in [0.05, 0.1) is 0 Å². The number of benzene rings is 1. The lowest BCUT2D eigenvalue weighted by Gasteiger charge is -2.31. The molecule has 1 aromatic carbocycles. The predicted molar refractivity (Wildman–Crippen MR) is 96.6 cm³/mol. The molecule has 1 aromatic rings. The van der Waals surface area contributed by atoms with E-state index < -0.39 is 0 Å². The van der Waals surface area contributed by atoms with Gasteiger partial charge in [0.1, 0.15) is 0 Å². The molecule has 2 N–H and O–H groups in total. The molecule has 5 rings (SSSR count). The zero-order valence-electron chi connectivity index (χ0n) is 14.6. The van der Waals surface area contributed by atoms with E-state index in [-0.39, 0.29) is 0 Å². The maximum absolute atomic E-state index is 9.06. The van der Waals surface area contributed by atoms with Crippen LogP contribution in [-0.2, 0) is 0 Å². The first kappa shape index (κ1) is 15.5. The van der Waals surface area contributed by atoms with Gasteiger partial charge in [0.25, 0.3) is 0 Å². The average Bonchev–Trinajstić information content (AvgIpc) is 2.93. The van der Waals surface area contributed by atoms with Crippen LogP contribution in [0, 0.1) is 48.5 Å². The van der Waals surface area contributed by atoms with E-state index in [2.05, 4.69) is 36.6 Å². The van der Waals surface area contributed by atoms with Crippen molar-refractivity contribution in [2.45, 2.75) is 46.0 Å². The van der Waals surface area contributed by atoms with Gasteiger partial charge in [-0.1, -0.05) is 6.07 Å². The fourth-order valence-corrected chi connectivity index (χ4v) is 5.58. The molecule has 24 heavy (non-hydrogen) atoms. The van der Waals surface area contributed by atoms with Gasteiger partial charge in [0.15, 0.2) is 6.19 Å². The van der Waals surface area contributed by atoms with Crippen LogP contribution in [0.3, 0.4) is 0 Å².